The lowest BCUT2D eigenvalue weighted by molar-refractivity contribution is 0.116. The molecular formula is C22H24Br2N4. The zero-order valence-electron chi connectivity index (χ0n) is 16.0. The van der Waals surface area contributed by atoms with Gasteiger partial charge >= 0.3 is 0 Å². The molecule has 1 aliphatic rings. The second-order valence-corrected chi connectivity index (χ2v) is 9.23. The summed E-state index contributed by atoms with van der Waals surface area (Å²) in [6.45, 7) is 3.38. The highest BCUT2D eigenvalue weighted by molar-refractivity contribution is 9.10. The molecule has 2 N–H and O–H groups in total. The van der Waals surface area contributed by atoms with Crippen LogP contribution in [0.5, 0.6) is 0 Å². The van der Waals surface area contributed by atoms with Crippen LogP contribution in [0.15, 0.2) is 63.8 Å². The molecule has 2 aromatic heterocycles. The first kappa shape index (κ1) is 19.7. The number of likely N-dealkylation sites (N-methyl/N-ethyl adjacent to an activating group) is 2. The van der Waals surface area contributed by atoms with Crippen LogP contribution in [0.25, 0.3) is 21.8 Å². The topological polar surface area (TPSA) is 38.1 Å². The molecule has 28 heavy (non-hydrogen) atoms. The molecule has 1 saturated heterocycles. The van der Waals surface area contributed by atoms with Gasteiger partial charge < -0.3 is 14.9 Å². The number of hydrogen-bond donors (Lipinski definition) is 2. The fraction of sp³-hybridized carbons (Fsp3) is 0.273. The van der Waals surface area contributed by atoms with Crippen LogP contribution in [0.4, 0.5) is 0 Å². The van der Waals surface area contributed by atoms with Gasteiger partial charge in [-0.1, -0.05) is 44.0 Å². The number of fused-ring (bicyclic) bond motifs is 2. The van der Waals surface area contributed by atoms with Crippen molar-refractivity contribution in [2.45, 2.75) is 6.04 Å². The normalized spacial score (nSPS) is 18.4. The highest BCUT2D eigenvalue weighted by atomic mass is 79.9. The van der Waals surface area contributed by atoms with Gasteiger partial charge in [-0.05, 0) is 55.4 Å². The smallest absolute Gasteiger partial charge is 0.0493 e. The molecule has 0 radical (unpaired) electrons. The number of aromatic nitrogens is 2. The van der Waals surface area contributed by atoms with Crippen LogP contribution in [0.3, 0.4) is 0 Å². The number of halogens is 2. The van der Waals surface area contributed by atoms with Crippen LogP contribution >= 0.6 is 31.9 Å². The van der Waals surface area contributed by atoms with Gasteiger partial charge in [0.2, 0.25) is 0 Å². The third-order valence-electron chi connectivity index (χ3n) is 5.40. The molecule has 3 heterocycles. The van der Waals surface area contributed by atoms with Gasteiger partial charge in [-0.25, -0.2) is 0 Å². The zero-order valence-corrected chi connectivity index (χ0v) is 19.2. The largest absolute Gasteiger partial charge is 0.361 e. The van der Waals surface area contributed by atoms with Gasteiger partial charge in [-0.3, -0.25) is 4.90 Å². The van der Waals surface area contributed by atoms with Crippen molar-refractivity contribution in [3.63, 3.8) is 0 Å². The van der Waals surface area contributed by atoms with Crippen molar-refractivity contribution in [1.29, 1.82) is 0 Å². The van der Waals surface area contributed by atoms with E-state index < -0.39 is 0 Å². The Bertz CT molecular complexity index is 1080. The molecule has 0 bridgehead atoms. The zero-order chi connectivity index (χ0) is 19.7. The lowest BCUT2D eigenvalue weighted by Gasteiger charge is -2.37. The van der Waals surface area contributed by atoms with E-state index in [1.54, 1.807) is 0 Å². The molecule has 146 valence electrons. The summed E-state index contributed by atoms with van der Waals surface area (Å²) in [5.41, 5.74) is 3.79. The molecule has 0 unspecified atom stereocenters. The van der Waals surface area contributed by atoms with Crippen LogP contribution in [0, 0.1) is 0 Å². The molecule has 2 aromatic carbocycles. The molecule has 4 aromatic rings. The fourth-order valence-corrected chi connectivity index (χ4v) is 4.48. The number of nitrogens with zero attached hydrogens (tertiary/aromatic N) is 2. The number of aromatic amines is 2. The van der Waals surface area contributed by atoms with Crippen LogP contribution < -0.4 is 0 Å². The molecular weight excluding hydrogens is 480 g/mol. The lowest BCUT2D eigenvalue weighted by atomic mass is 10.0. The summed E-state index contributed by atoms with van der Waals surface area (Å²) < 4.78 is 2.24. The molecule has 5 rings (SSSR count). The summed E-state index contributed by atoms with van der Waals surface area (Å²) >= 11 is 6.92. The Morgan fingerprint density at radius 2 is 1.64 bits per heavy atom. The average Bonchev–Trinajstić information content (AvgIpc) is 3.30. The van der Waals surface area contributed by atoms with Crippen LogP contribution in [0.1, 0.15) is 11.6 Å². The Morgan fingerprint density at radius 1 is 0.893 bits per heavy atom. The first-order valence-corrected chi connectivity index (χ1v) is 11.0. The number of hydrogen-bond acceptors (Lipinski definition) is 2. The highest BCUT2D eigenvalue weighted by Gasteiger charge is 2.25. The number of H-pyrrole nitrogens is 2. The molecule has 0 saturated carbocycles. The van der Waals surface area contributed by atoms with Crippen molar-refractivity contribution < 1.29 is 0 Å². The van der Waals surface area contributed by atoms with Crippen molar-refractivity contribution in [3.05, 3.63) is 69.4 Å². The standard InChI is InChI=1S/C14H18BrN3.C8H6BrN/c1-17-5-6-18(2)14(9-17)12-8-16-13-7-10(15)3-4-11(12)13;9-7-2-1-6-3-4-10-8(6)5-7/h3-4,7-8,14,16H,5-6,9H2,1-2H3;1-5,10H/t14-;/m1./s1. The SMILES string of the molecule is Brc1ccc2cc[nH]c2c1.CN1CCN(C)[C@@H](c2c[nH]c3cc(Br)ccc23)C1. The first-order valence-electron chi connectivity index (χ1n) is 9.39. The van der Waals surface area contributed by atoms with E-state index in [0.29, 0.717) is 6.04 Å². The molecule has 1 atom stereocenters. The Labute approximate surface area is 182 Å². The molecule has 0 aliphatic carbocycles. The van der Waals surface area contributed by atoms with Crippen molar-refractivity contribution in [3.8, 4) is 0 Å². The number of rotatable bonds is 1. The summed E-state index contributed by atoms with van der Waals surface area (Å²) in [4.78, 5) is 11.4. The first-order chi connectivity index (χ1) is 13.5. The van der Waals surface area contributed by atoms with E-state index >= 15 is 0 Å². The molecule has 1 aliphatic heterocycles. The fourth-order valence-electron chi connectivity index (χ4n) is 3.76. The maximum atomic E-state index is 3.52. The molecule has 4 nitrogen and oxygen atoms in total. The van der Waals surface area contributed by atoms with Crippen molar-refractivity contribution in [2.24, 2.45) is 0 Å². The summed E-state index contributed by atoms with van der Waals surface area (Å²) in [6.07, 6.45) is 4.11. The summed E-state index contributed by atoms with van der Waals surface area (Å²) in [5.74, 6) is 0. The third kappa shape index (κ3) is 4.20. The predicted octanol–water partition coefficient (Wildman–Crippen LogP) is 5.78. The Balaban J connectivity index is 0.000000162. The van der Waals surface area contributed by atoms with E-state index in [-0.39, 0.29) is 0 Å². The van der Waals surface area contributed by atoms with Crippen LogP contribution in [-0.2, 0) is 0 Å². The van der Waals surface area contributed by atoms with Gasteiger partial charge in [0.05, 0.1) is 0 Å². The van der Waals surface area contributed by atoms with Gasteiger partial charge in [0, 0.05) is 63.4 Å². The third-order valence-corrected chi connectivity index (χ3v) is 6.39. The van der Waals surface area contributed by atoms with Gasteiger partial charge in [0.15, 0.2) is 0 Å². The summed E-state index contributed by atoms with van der Waals surface area (Å²) in [6, 6.07) is 15.2. The quantitative estimate of drug-likeness (QED) is 0.345. The minimum absolute atomic E-state index is 0.485. The van der Waals surface area contributed by atoms with E-state index in [0.717, 1.165) is 28.6 Å². The minimum atomic E-state index is 0.485. The molecule has 0 spiro atoms. The van der Waals surface area contributed by atoms with Crippen molar-refractivity contribution in [1.82, 2.24) is 19.8 Å². The molecule has 1 fully saturated rings. The maximum absolute atomic E-state index is 3.52. The molecule has 0 amide bonds. The predicted molar refractivity (Wildman–Crippen MR) is 125 cm³/mol. The minimum Gasteiger partial charge on any atom is -0.361 e. The second-order valence-electron chi connectivity index (χ2n) is 7.40. The highest BCUT2D eigenvalue weighted by Crippen LogP contribution is 2.31. The Morgan fingerprint density at radius 3 is 2.46 bits per heavy atom. The number of piperazine rings is 1. The monoisotopic (exact) mass is 502 g/mol. The average molecular weight is 504 g/mol. The van der Waals surface area contributed by atoms with Gasteiger partial charge in [-0.15, -0.1) is 0 Å². The van der Waals surface area contributed by atoms with Crippen molar-refractivity contribution >= 4 is 53.7 Å². The second kappa shape index (κ2) is 8.41. The Hall–Kier alpha value is -1.60. The van der Waals surface area contributed by atoms with Gasteiger partial charge in [0.1, 0.15) is 0 Å². The van der Waals surface area contributed by atoms with Gasteiger partial charge in [-0.2, -0.15) is 0 Å². The van der Waals surface area contributed by atoms with E-state index in [1.807, 2.05) is 12.3 Å². The summed E-state index contributed by atoms with van der Waals surface area (Å²) in [5, 5.41) is 2.59. The lowest BCUT2D eigenvalue weighted by Crippen LogP contribution is -2.44. The van der Waals surface area contributed by atoms with E-state index in [1.165, 1.54) is 27.4 Å². The number of benzene rings is 2. The Kier molecular flexibility index (Phi) is 5.92. The van der Waals surface area contributed by atoms with E-state index in [9.17, 15) is 0 Å². The van der Waals surface area contributed by atoms with Gasteiger partial charge in [0.25, 0.3) is 0 Å². The molecule has 6 heteroatoms. The maximum Gasteiger partial charge on any atom is 0.0493 e. The van der Waals surface area contributed by atoms with E-state index in [2.05, 4.69) is 108 Å². The van der Waals surface area contributed by atoms with Crippen LogP contribution in [0.2, 0.25) is 0 Å². The summed E-state index contributed by atoms with van der Waals surface area (Å²) in [7, 11) is 4.42. The van der Waals surface area contributed by atoms with E-state index in [4.69, 9.17) is 0 Å². The number of nitrogens with one attached hydrogen (secondary N) is 2. The van der Waals surface area contributed by atoms with Crippen LogP contribution in [-0.4, -0.2) is 53.5 Å². The van der Waals surface area contributed by atoms with Crippen molar-refractivity contribution in [2.75, 3.05) is 33.7 Å².